The third kappa shape index (κ3) is 4.29. The van der Waals surface area contributed by atoms with Crippen LogP contribution in [0, 0.1) is 5.82 Å². The van der Waals surface area contributed by atoms with Gasteiger partial charge in [0, 0.05) is 25.7 Å². The highest BCUT2D eigenvalue weighted by atomic mass is 35.5. The van der Waals surface area contributed by atoms with Crippen LogP contribution >= 0.6 is 23.2 Å². The Morgan fingerprint density at radius 3 is 2.81 bits per heavy atom. The largest absolute Gasteiger partial charge is 0.439 e. The van der Waals surface area contributed by atoms with E-state index >= 15 is 0 Å². The van der Waals surface area contributed by atoms with Crippen LogP contribution in [0.25, 0.3) is 11.3 Å². The zero-order chi connectivity index (χ0) is 19.6. The number of aryl methyl sites for hydroxylation is 1. The van der Waals surface area contributed by atoms with Crippen LogP contribution in [0.15, 0.2) is 34.7 Å². The number of halogens is 3. The third-order valence-electron chi connectivity index (χ3n) is 3.94. The Labute approximate surface area is 164 Å². The van der Waals surface area contributed by atoms with Gasteiger partial charge in [-0.1, -0.05) is 28.9 Å². The fourth-order valence-corrected chi connectivity index (χ4v) is 3.14. The molecule has 2 heterocycles. The average Bonchev–Trinajstić information content (AvgIpc) is 3.16. The summed E-state index contributed by atoms with van der Waals surface area (Å²) in [5.74, 6) is -0.857. The summed E-state index contributed by atoms with van der Waals surface area (Å²) in [4.78, 5) is 12.5. The smallest absolute Gasteiger partial charge is 0.287 e. The van der Waals surface area contributed by atoms with Gasteiger partial charge in [0.05, 0.1) is 5.56 Å². The molecule has 0 saturated carbocycles. The summed E-state index contributed by atoms with van der Waals surface area (Å²) in [5.41, 5.74) is 7.28. The number of furan rings is 1. The van der Waals surface area contributed by atoms with Crippen LogP contribution in [0.2, 0.25) is 10.4 Å². The molecule has 0 saturated heterocycles. The van der Waals surface area contributed by atoms with E-state index < -0.39 is 11.9 Å². The van der Waals surface area contributed by atoms with Gasteiger partial charge in [-0.15, -0.1) is 5.10 Å². The molecule has 0 aliphatic carbocycles. The Morgan fingerprint density at radius 1 is 1.41 bits per heavy atom. The first-order chi connectivity index (χ1) is 12.9. The molecule has 3 rings (SSSR count). The van der Waals surface area contributed by atoms with E-state index in [1.54, 1.807) is 19.2 Å². The van der Waals surface area contributed by atoms with Crippen molar-refractivity contribution in [1.29, 1.82) is 0 Å². The van der Waals surface area contributed by atoms with Gasteiger partial charge in [0.25, 0.3) is 5.91 Å². The maximum Gasteiger partial charge on any atom is 0.287 e. The Hall–Kier alpha value is -2.42. The lowest BCUT2D eigenvalue weighted by Crippen LogP contribution is -2.41. The number of nitrogens with two attached hydrogens (primary N) is 1. The topological polar surface area (TPSA) is 99.0 Å². The molecular weight excluding hydrogens is 396 g/mol. The van der Waals surface area contributed by atoms with Gasteiger partial charge in [0.15, 0.2) is 10.9 Å². The van der Waals surface area contributed by atoms with Crippen LogP contribution in [0.4, 0.5) is 4.39 Å². The predicted molar refractivity (Wildman–Crippen MR) is 99.1 cm³/mol. The Bertz CT molecular complexity index is 953. The number of carbonyl (C=O) groups excluding carboxylic acids is 1. The Kier molecular flexibility index (Phi) is 5.79. The summed E-state index contributed by atoms with van der Waals surface area (Å²) < 4.78 is 20.1. The van der Waals surface area contributed by atoms with Crippen LogP contribution in [0.1, 0.15) is 16.1 Å². The molecule has 10 heteroatoms. The Morgan fingerprint density at radius 2 is 2.19 bits per heavy atom. The highest BCUT2D eigenvalue weighted by molar-refractivity contribution is 6.34. The van der Waals surface area contributed by atoms with Crippen LogP contribution in [-0.4, -0.2) is 33.5 Å². The number of aromatic nitrogens is 3. The highest BCUT2D eigenvalue weighted by Gasteiger charge is 2.23. The summed E-state index contributed by atoms with van der Waals surface area (Å²) in [6.45, 7) is 0.168. The number of rotatable bonds is 6. The number of nitrogens with one attached hydrogen (secondary N) is 1. The molecule has 3 aromatic rings. The number of amides is 1. The fraction of sp³-hybridized carbons (Fsp3) is 0.235. The number of benzene rings is 1. The molecule has 142 valence electrons. The van der Waals surface area contributed by atoms with Gasteiger partial charge >= 0.3 is 0 Å². The van der Waals surface area contributed by atoms with Crippen molar-refractivity contribution in [3.63, 3.8) is 0 Å². The van der Waals surface area contributed by atoms with Crippen LogP contribution < -0.4 is 11.1 Å². The number of carbonyl (C=O) groups is 1. The van der Waals surface area contributed by atoms with E-state index in [-0.39, 0.29) is 28.5 Å². The van der Waals surface area contributed by atoms with Gasteiger partial charge in [-0.3, -0.25) is 4.79 Å². The molecule has 7 nitrogen and oxygen atoms in total. The van der Waals surface area contributed by atoms with Crippen molar-refractivity contribution in [3.05, 3.63) is 57.8 Å². The minimum atomic E-state index is -0.499. The van der Waals surface area contributed by atoms with Crippen LogP contribution in [0.3, 0.4) is 0 Å². The first-order valence-corrected chi connectivity index (χ1v) is 8.75. The molecular formula is C17H16Cl2FN5O2. The molecule has 27 heavy (non-hydrogen) atoms. The quantitative estimate of drug-likeness (QED) is 0.649. The van der Waals surface area contributed by atoms with Gasteiger partial charge in [0.1, 0.15) is 11.5 Å². The first-order valence-electron chi connectivity index (χ1n) is 7.99. The van der Waals surface area contributed by atoms with Crippen molar-refractivity contribution in [2.24, 2.45) is 12.8 Å². The maximum atomic E-state index is 13.3. The molecule has 0 aliphatic heterocycles. The molecule has 1 aromatic carbocycles. The lowest BCUT2D eigenvalue weighted by molar-refractivity contribution is 0.0910. The summed E-state index contributed by atoms with van der Waals surface area (Å²) in [6, 6.07) is 7.16. The van der Waals surface area contributed by atoms with E-state index in [1.807, 2.05) is 0 Å². The molecule has 0 radical (unpaired) electrons. The molecule has 1 amide bonds. The van der Waals surface area contributed by atoms with Crippen molar-refractivity contribution < 1.29 is 13.6 Å². The van der Waals surface area contributed by atoms with Crippen molar-refractivity contribution >= 4 is 29.1 Å². The van der Waals surface area contributed by atoms with Gasteiger partial charge < -0.3 is 15.5 Å². The van der Waals surface area contributed by atoms with Gasteiger partial charge in [-0.25, -0.2) is 9.07 Å². The van der Waals surface area contributed by atoms with Crippen molar-refractivity contribution in [2.45, 2.75) is 12.5 Å². The first kappa shape index (κ1) is 19.3. The molecule has 2 aromatic heterocycles. The second-order valence-electron chi connectivity index (χ2n) is 5.89. The minimum absolute atomic E-state index is 0.00930. The molecule has 3 N–H and O–H groups in total. The fourth-order valence-electron chi connectivity index (χ4n) is 2.66. The monoisotopic (exact) mass is 411 g/mol. The normalized spacial score (nSPS) is 12.2. The van der Waals surface area contributed by atoms with Crippen molar-refractivity contribution in [2.75, 3.05) is 6.54 Å². The van der Waals surface area contributed by atoms with Gasteiger partial charge in [0.2, 0.25) is 5.22 Å². The number of hydrogen-bond acceptors (Lipinski definition) is 5. The second kappa shape index (κ2) is 8.08. The van der Waals surface area contributed by atoms with E-state index in [0.717, 1.165) is 5.56 Å². The second-order valence-corrected chi connectivity index (χ2v) is 6.59. The lowest BCUT2D eigenvalue weighted by Gasteiger charge is -2.16. The van der Waals surface area contributed by atoms with E-state index in [0.29, 0.717) is 17.7 Å². The summed E-state index contributed by atoms with van der Waals surface area (Å²) >= 11 is 12.1. The van der Waals surface area contributed by atoms with Crippen molar-refractivity contribution in [3.8, 4) is 11.3 Å². The van der Waals surface area contributed by atoms with Crippen LogP contribution in [-0.2, 0) is 13.5 Å². The zero-order valence-corrected chi connectivity index (χ0v) is 15.8. The standard InChI is InChI=1S/C17H16Cl2FN5O2/c1-25-14(15(18)23-24-25)12-7-13(27-16(12)19)17(26)22-11(8-21)6-9-3-2-4-10(20)5-9/h2-5,7,11H,6,8,21H2,1H3,(H,22,26)/t11-/m0/s1. The van der Waals surface area contributed by atoms with Gasteiger partial charge in [-0.05, 0) is 35.7 Å². The lowest BCUT2D eigenvalue weighted by atomic mass is 10.1. The summed E-state index contributed by atoms with van der Waals surface area (Å²) in [6.07, 6.45) is 0.374. The summed E-state index contributed by atoms with van der Waals surface area (Å²) in [5, 5.41) is 10.4. The molecule has 0 bridgehead atoms. The van der Waals surface area contributed by atoms with E-state index in [1.165, 1.54) is 22.9 Å². The molecule has 0 aliphatic rings. The number of nitrogens with zero attached hydrogens (tertiary/aromatic N) is 3. The van der Waals surface area contributed by atoms with E-state index in [9.17, 15) is 9.18 Å². The minimum Gasteiger partial charge on any atom is -0.439 e. The molecule has 0 fully saturated rings. The molecule has 0 unspecified atom stereocenters. The number of hydrogen-bond donors (Lipinski definition) is 2. The van der Waals surface area contributed by atoms with E-state index in [4.69, 9.17) is 33.4 Å². The molecule has 1 atom stereocenters. The van der Waals surface area contributed by atoms with Gasteiger partial charge in [-0.2, -0.15) is 0 Å². The Balaban J connectivity index is 1.76. The zero-order valence-electron chi connectivity index (χ0n) is 14.2. The third-order valence-corrected chi connectivity index (χ3v) is 4.48. The molecule has 0 spiro atoms. The average molecular weight is 412 g/mol. The summed E-state index contributed by atoms with van der Waals surface area (Å²) in [7, 11) is 1.64. The van der Waals surface area contributed by atoms with Crippen molar-refractivity contribution in [1.82, 2.24) is 20.3 Å². The predicted octanol–water partition coefficient (Wildman–Crippen LogP) is 2.82. The SMILES string of the molecule is Cn1nnc(Cl)c1-c1cc(C(=O)N[C@H](CN)Cc2cccc(F)c2)oc1Cl. The van der Waals surface area contributed by atoms with E-state index in [2.05, 4.69) is 15.6 Å². The highest BCUT2D eigenvalue weighted by Crippen LogP contribution is 2.34. The van der Waals surface area contributed by atoms with Crippen LogP contribution in [0.5, 0.6) is 0 Å². The maximum absolute atomic E-state index is 13.3.